The van der Waals surface area contributed by atoms with Crippen molar-refractivity contribution in [3.05, 3.63) is 26.3 Å². The van der Waals surface area contributed by atoms with E-state index in [0.717, 1.165) is 9.13 Å². The van der Waals surface area contributed by atoms with Gasteiger partial charge in [0.15, 0.2) is 6.79 Å². The highest BCUT2D eigenvalue weighted by molar-refractivity contribution is 14.1. The number of aryl methyl sites for hydroxylation is 1. The highest BCUT2D eigenvalue weighted by atomic mass is 127. The summed E-state index contributed by atoms with van der Waals surface area (Å²) in [6, 6.07) is 3.78. The Kier molecular flexibility index (Phi) is 4.28. The van der Waals surface area contributed by atoms with Crippen LogP contribution in [0.5, 0.6) is 5.75 Å². The van der Waals surface area contributed by atoms with Crippen molar-refractivity contribution >= 4 is 34.2 Å². The van der Waals surface area contributed by atoms with Crippen molar-refractivity contribution < 1.29 is 9.47 Å². The molecule has 1 aromatic carbocycles. The van der Waals surface area contributed by atoms with Crippen molar-refractivity contribution in [3.63, 3.8) is 0 Å². The van der Waals surface area contributed by atoms with Crippen LogP contribution in [0.25, 0.3) is 0 Å². The van der Waals surface area contributed by atoms with E-state index in [1.54, 1.807) is 7.11 Å². The van der Waals surface area contributed by atoms with E-state index in [4.69, 9.17) is 21.1 Å². The Morgan fingerprint density at radius 3 is 2.77 bits per heavy atom. The second-order valence-electron chi connectivity index (χ2n) is 2.58. The Morgan fingerprint density at radius 2 is 2.15 bits per heavy atom. The van der Waals surface area contributed by atoms with Crippen LogP contribution in [-0.2, 0) is 4.74 Å². The maximum absolute atomic E-state index is 5.95. The van der Waals surface area contributed by atoms with E-state index < -0.39 is 0 Å². The van der Waals surface area contributed by atoms with Gasteiger partial charge in [-0.15, -0.1) is 0 Å². The van der Waals surface area contributed by atoms with Gasteiger partial charge in [0.25, 0.3) is 0 Å². The Hall–Kier alpha value is -0.0000000000000000555. The molecule has 0 aromatic heterocycles. The van der Waals surface area contributed by atoms with Crippen LogP contribution in [0.1, 0.15) is 5.56 Å². The van der Waals surface area contributed by atoms with Crippen LogP contribution in [0.15, 0.2) is 12.1 Å². The predicted molar refractivity (Wildman–Crippen MR) is 61.4 cm³/mol. The molecule has 0 aliphatic carbocycles. The quantitative estimate of drug-likeness (QED) is 0.630. The Bertz CT molecular complexity index is 302. The second kappa shape index (κ2) is 5.02. The smallest absolute Gasteiger partial charge is 0.188 e. The van der Waals surface area contributed by atoms with E-state index >= 15 is 0 Å². The molecule has 0 fully saturated rings. The molecule has 0 saturated carbocycles. The first kappa shape index (κ1) is 11.1. The standard InChI is InChI=1S/C9H10ClIO2/c1-6-3-9(13-5-12-2)7(10)4-8(6)11/h3-4H,5H2,1-2H3. The first-order valence-corrected chi connectivity index (χ1v) is 5.18. The molecule has 0 bridgehead atoms. The van der Waals surface area contributed by atoms with E-state index in [1.165, 1.54) is 0 Å². The maximum atomic E-state index is 5.95. The summed E-state index contributed by atoms with van der Waals surface area (Å²) in [5.74, 6) is 0.668. The van der Waals surface area contributed by atoms with Crippen molar-refractivity contribution in [3.8, 4) is 5.75 Å². The fourth-order valence-electron chi connectivity index (χ4n) is 0.864. The van der Waals surface area contributed by atoms with E-state index in [0.29, 0.717) is 10.8 Å². The summed E-state index contributed by atoms with van der Waals surface area (Å²) < 4.78 is 11.2. The molecule has 0 aliphatic heterocycles. The molecule has 0 aliphatic rings. The average molecular weight is 313 g/mol. The van der Waals surface area contributed by atoms with Crippen molar-refractivity contribution in [2.75, 3.05) is 13.9 Å². The summed E-state index contributed by atoms with van der Waals surface area (Å²) >= 11 is 8.18. The highest BCUT2D eigenvalue weighted by Crippen LogP contribution is 2.28. The Morgan fingerprint density at radius 1 is 1.46 bits per heavy atom. The molecule has 1 aromatic rings. The van der Waals surface area contributed by atoms with Gasteiger partial charge in [-0.2, -0.15) is 0 Å². The van der Waals surface area contributed by atoms with E-state index in [9.17, 15) is 0 Å². The molecular formula is C9H10ClIO2. The second-order valence-corrected chi connectivity index (χ2v) is 4.15. The van der Waals surface area contributed by atoms with E-state index in [-0.39, 0.29) is 6.79 Å². The molecule has 0 amide bonds. The number of ether oxygens (including phenoxy) is 2. The van der Waals surface area contributed by atoms with Crippen LogP contribution in [0.4, 0.5) is 0 Å². The van der Waals surface area contributed by atoms with Crippen LogP contribution in [-0.4, -0.2) is 13.9 Å². The molecule has 0 spiro atoms. The van der Waals surface area contributed by atoms with E-state index in [1.807, 2.05) is 19.1 Å². The summed E-state index contributed by atoms with van der Waals surface area (Å²) in [6.07, 6.45) is 0. The minimum Gasteiger partial charge on any atom is -0.466 e. The molecule has 13 heavy (non-hydrogen) atoms. The lowest BCUT2D eigenvalue weighted by Crippen LogP contribution is -2.00. The maximum Gasteiger partial charge on any atom is 0.188 e. The minimum atomic E-state index is 0.222. The lowest BCUT2D eigenvalue weighted by molar-refractivity contribution is 0.0511. The highest BCUT2D eigenvalue weighted by Gasteiger charge is 2.04. The van der Waals surface area contributed by atoms with Crippen molar-refractivity contribution in [2.45, 2.75) is 6.92 Å². The Labute approximate surface area is 96.3 Å². The minimum absolute atomic E-state index is 0.222. The Balaban J connectivity index is 2.88. The van der Waals surface area contributed by atoms with Crippen molar-refractivity contribution in [2.24, 2.45) is 0 Å². The molecule has 0 saturated heterocycles. The van der Waals surface area contributed by atoms with E-state index in [2.05, 4.69) is 22.6 Å². The zero-order valence-electron chi connectivity index (χ0n) is 7.43. The first-order valence-electron chi connectivity index (χ1n) is 3.72. The summed E-state index contributed by atoms with van der Waals surface area (Å²) in [5, 5.41) is 0.618. The zero-order chi connectivity index (χ0) is 9.84. The van der Waals surface area contributed by atoms with Gasteiger partial charge in [-0.1, -0.05) is 11.6 Å². The molecule has 0 unspecified atom stereocenters. The third-order valence-corrected chi connectivity index (χ3v) is 3.00. The molecule has 1 rings (SSSR count). The molecule has 72 valence electrons. The summed E-state index contributed by atoms with van der Waals surface area (Å²) in [4.78, 5) is 0. The number of benzene rings is 1. The van der Waals surface area contributed by atoms with Crippen molar-refractivity contribution in [1.29, 1.82) is 0 Å². The van der Waals surface area contributed by atoms with Gasteiger partial charge in [0.1, 0.15) is 5.75 Å². The molecule has 4 heteroatoms. The summed E-state index contributed by atoms with van der Waals surface area (Å²) in [6.45, 7) is 2.23. The number of methoxy groups -OCH3 is 1. The zero-order valence-corrected chi connectivity index (χ0v) is 10.3. The normalized spacial score (nSPS) is 10.2. The largest absolute Gasteiger partial charge is 0.466 e. The van der Waals surface area contributed by atoms with Gasteiger partial charge in [-0.3, -0.25) is 0 Å². The molecule has 0 heterocycles. The lowest BCUT2D eigenvalue weighted by Gasteiger charge is -2.08. The average Bonchev–Trinajstić information content (AvgIpc) is 2.09. The van der Waals surface area contributed by atoms with Crippen LogP contribution in [0.3, 0.4) is 0 Å². The molecule has 0 N–H and O–H groups in total. The van der Waals surface area contributed by atoms with Crippen LogP contribution < -0.4 is 4.74 Å². The monoisotopic (exact) mass is 312 g/mol. The number of hydrogen-bond donors (Lipinski definition) is 0. The third-order valence-electron chi connectivity index (χ3n) is 1.55. The fraction of sp³-hybridized carbons (Fsp3) is 0.333. The van der Waals surface area contributed by atoms with Gasteiger partial charge in [0.05, 0.1) is 5.02 Å². The summed E-state index contributed by atoms with van der Waals surface area (Å²) in [7, 11) is 1.58. The summed E-state index contributed by atoms with van der Waals surface area (Å²) in [5.41, 5.74) is 1.15. The van der Waals surface area contributed by atoms with Gasteiger partial charge in [-0.25, -0.2) is 0 Å². The number of rotatable bonds is 3. The lowest BCUT2D eigenvalue weighted by atomic mass is 10.2. The number of halogens is 2. The predicted octanol–water partition coefficient (Wildman–Crippen LogP) is 3.24. The number of hydrogen-bond acceptors (Lipinski definition) is 2. The topological polar surface area (TPSA) is 18.5 Å². The van der Waals surface area contributed by atoms with Gasteiger partial charge in [0.2, 0.25) is 0 Å². The van der Waals surface area contributed by atoms with Crippen molar-refractivity contribution in [1.82, 2.24) is 0 Å². The molecule has 2 nitrogen and oxygen atoms in total. The van der Waals surface area contributed by atoms with Gasteiger partial charge >= 0.3 is 0 Å². The van der Waals surface area contributed by atoms with Crippen LogP contribution in [0, 0.1) is 10.5 Å². The first-order chi connectivity index (χ1) is 6.15. The third kappa shape index (κ3) is 3.00. The molecule has 0 atom stereocenters. The van der Waals surface area contributed by atoms with Gasteiger partial charge in [0, 0.05) is 10.7 Å². The van der Waals surface area contributed by atoms with Gasteiger partial charge in [-0.05, 0) is 47.2 Å². The van der Waals surface area contributed by atoms with Crippen LogP contribution >= 0.6 is 34.2 Å². The molecule has 0 radical (unpaired) electrons. The van der Waals surface area contributed by atoms with Gasteiger partial charge < -0.3 is 9.47 Å². The SMILES string of the molecule is COCOc1cc(C)c(I)cc1Cl. The van der Waals surface area contributed by atoms with Crippen LogP contribution in [0.2, 0.25) is 5.02 Å². The molecular weight excluding hydrogens is 302 g/mol. The fourth-order valence-corrected chi connectivity index (χ4v) is 1.73.